The highest BCUT2D eigenvalue weighted by Crippen LogP contribution is 2.27. The van der Waals surface area contributed by atoms with Crippen LogP contribution in [0.2, 0.25) is 5.02 Å². The van der Waals surface area contributed by atoms with Crippen molar-refractivity contribution in [1.29, 1.82) is 5.26 Å². The second-order valence-corrected chi connectivity index (χ2v) is 6.66. The molecule has 8 heteroatoms. The van der Waals surface area contributed by atoms with Crippen molar-refractivity contribution in [3.63, 3.8) is 0 Å². The first-order valence-electron chi connectivity index (χ1n) is 8.49. The molecule has 0 spiro atoms. The summed E-state index contributed by atoms with van der Waals surface area (Å²) in [5, 5.41) is 23.3. The van der Waals surface area contributed by atoms with E-state index in [1.54, 1.807) is 4.90 Å². The lowest BCUT2D eigenvalue weighted by molar-refractivity contribution is -0.384. The number of nitro benzene ring substituents is 1. The molecule has 0 saturated carbocycles. The Hall–Kier alpha value is -3.37. The van der Waals surface area contributed by atoms with Crippen molar-refractivity contribution in [3.05, 3.63) is 81.0 Å². The van der Waals surface area contributed by atoms with Crippen LogP contribution in [0.1, 0.15) is 19.4 Å². The van der Waals surface area contributed by atoms with Crippen molar-refractivity contribution < 1.29 is 9.72 Å². The molecule has 2 aromatic rings. The number of halogens is 1. The van der Waals surface area contributed by atoms with Crippen LogP contribution in [0.15, 0.2) is 60.3 Å². The van der Waals surface area contributed by atoms with Crippen LogP contribution in [0.5, 0.6) is 0 Å². The van der Waals surface area contributed by atoms with Gasteiger partial charge in [0.05, 0.1) is 15.6 Å². The van der Waals surface area contributed by atoms with E-state index in [0.717, 1.165) is 5.56 Å². The largest absolute Gasteiger partial charge is 0.359 e. The van der Waals surface area contributed by atoms with Crippen LogP contribution in [0.25, 0.3) is 0 Å². The van der Waals surface area contributed by atoms with Crippen molar-refractivity contribution >= 4 is 28.9 Å². The molecule has 144 valence electrons. The minimum Gasteiger partial charge on any atom is -0.359 e. The van der Waals surface area contributed by atoms with Crippen LogP contribution >= 0.6 is 11.6 Å². The standard InChI is InChI=1S/C20H19ClN4O3/c1-14(2)24(13-15-6-4-3-5-7-15)20(26)16(11-22)12-23-19-10-17(25(27)28)8-9-18(19)21/h3-10,12,14,23H,13H2,1-2H3/b16-12-. The summed E-state index contributed by atoms with van der Waals surface area (Å²) >= 11 is 6.03. The summed E-state index contributed by atoms with van der Waals surface area (Å²) in [5.74, 6) is -0.449. The predicted octanol–water partition coefficient (Wildman–Crippen LogP) is 4.50. The molecule has 2 aromatic carbocycles. The lowest BCUT2D eigenvalue weighted by Crippen LogP contribution is -2.37. The molecule has 0 aliphatic rings. The molecule has 0 aliphatic carbocycles. The molecule has 0 aromatic heterocycles. The number of nitriles is 1. The third kappa shape index (κ3) is 5.32. The number of hydrogen-bond donors (Lipinski definition) is 1. The average Bonchev–Trinajstić information content (AvgIpc) is 2.68. The van der Waals surface area contributed by atoms with Gasteiger partial charge in [-0.25, -0.2) is 0 Å². The SMILES string of the molecule is CC(C)N(Cc1ccccc1)C(=O)/C(C#N)=C\Nc1cc([N+](=O)[O-])ccc1Cl. The lowest BCUT2D eigenvalue weighted by Gasteiger charge is -2.26. The highest BCUT2D eigenvalue weighted by molar-refractivity contribution is 6.33. The van der Waals surface area contributed by atoms with E-state index in [4.69, 9.17) is 11.6 Å². The molecule has 0 heterocycles. The molecule has 2 rings (SSSR count). The van der Waals surface area contributed by atoms with Crippen molar-refractivity contribution in [2.24, 2.45) is 0 Å². The summed E-state index contributed by atoms with van der Waals surface area (Å²) in [6, 6.07) is 15.1. The van der Waals surface area contributed by atoms with Gasteiger partial charge in [-0.1, -0.05) is 41.9 Å². The molecule has 1 amide bonds. The molecule has 0 aliphatic heterocycles. The van der Waals surface area contributed by atoms with Gasteiger partial charge in [0.25, 0.3) is 11.6 Å². The van der Waals surface area contributed by atoms with Crippen molar-refractivity contribution in [2.75, 3.05) is 5.32 Å². The Labute approximate surface area is 168 Å². The average molecular weight is 399 g/mol. The number of anilines is 1. The van der Waals surface area contributed by atoms with Gasteiger partial charge in [-0.3, -0.25) is 14.9 Å². The quantitative estimate of drug-likeness (QED) is 0.320. The van der Waals surface area contributed by atoms with E-state index in [9.17, 15) is 20.2 Å². The van der Waals surface area contributed by atoms with E-state index < -0.39 is 10.8 Å². The Kier molecular flexibility index (Phi) is 7.13. The van der Waals surface area contributed by atoms with E-state index >= 15 is 0 Å². The number of nitro groups is 1. The number of hydrogen-bond acceptors (Lipinski definition) is 5. The molecule has 0 radical (unpaired) electrons. The van der Waals surface area contributed by atoms with Crippen LogP contribution < -0.4 is 5.32 Å². The number of non-ortho nitro benzene ring substituents is 1. The zero-order chi connectivity index (χ0) is 20.7. The zero-order valence-corrected chi connectivity index (χ0v) is 16.2. The van der Waals surface area contributed by atoms with Crippen molar-refractivity contribution in [1.82, 2.24) is 4.90 Å². The number of carbonyl (C=O) groups is 1. The molecule has 0 bridgehead atoms. The highest BCUT2D eigenvalue weighted by Gasteiger charge is 2.21. The molecule has 0 fully saturated rings. The van der Waals surface area contributed by atoms with E-state index in [0.29, 0.717) is 6.54 Å². The second kappa shape index (κ2) is 9.53. The summed E-state index contributed by atoms with van der Waals surface area (Å²) < 4.78 is 0. The number of carbonyl (C=O) groups excluding carboxylic acids is 1. The first kappa shape index (κ1) is 20.9. The number of nitrogens with zero attached hydrogens (tertiary/aromatic N) is 3. The summed E-state index contributed by atoms with van der Waals surface area (Å²) in [5.41, 5.74) is 0.886. The van der Waals surface area contributed by atoms with Gasteiger partial charge in [0.2, 0.25) is 0 Å². The Balaban J connectivity index is 2.25. The van der Waals surface area contributed by atoms with E-state index in [-0.39, 0.29) is 28.0 Å². The fourth-order valence-electron chi connectivity index (χ4n) is 2.45. The van der Waals surface area contributed by atoms with Crippen LogP contribution in [-0.2, 0) is 11.3 Å². The van der Waals surface area contributed by atoms with Gasteiger partial charge < -0.3 is 10.2 Å². The monoisotopic (exact) mass is 398 g/mol. The van der Waals surface area contributed by atoms with E-state index in [2.05, 4.69) is 5.32 Å². The summed E-state index contributed by atoms with van der Waals surface area (Å²) in [6.07, 6.45) is 1.22. The van der Waals surface area contributed by atoms with Gasteiger partial charge in [0, 0.05) is 30.9 Å². The highest BCUT2D eigenvalue weighted by atomic mass is 35.5. The molecule has 1 N–H and O–H groups in total. The van der Waals surface area contributed by atoms with Crippen molar-refractivity contribution in [2.45, 2.75) is 26.4 Å². The van der Waals surface area contributed by atoms with Crippen molar-refractivity contribution in [3.8, 4) is 6.07 Å². The number of benzene rings is 2. The third-order valence-corrected chi connectivity index (χ3v) is 4.29. The lowest BCUT2D eigenvalue weighted by atomic mass is 10.1. The smallest absolute Gasteiger partial charge is 0.271 e. The van der Waals surface area contributed by atoms with E-state index in [1.807, 2.05) is 50.2 Å². The minimum atomic E-state index is -0.554. The first-order chi connectivity index (χ1) is 13.3. The normalized spacial score (nSPS) is 11.0. The molecule has 0 saturated heterocycles. The van der Waals surface area contributed by atoms with Gasteiger partial charge in [0.1, 0.15) is 11.6 Å². The maximum atomic E-state index is 12.9. The zero-order valence-electron chi connectivity index (χ0n) is 15.4. The number of rotatable bonds is 7. The van der Waals surface area contributed by atoms with Gasteiger partial charge >= 0.3 is 0 Å². The maximum Gasteiger partial charge on any atom is 0.271 e. The molecular formula is C20H19ClN4O3. The van der Waals surface area contributed by atoms with Crippen LogP contribution in [-0.4, -0.2) is 21.8 Å². The minimum absolute atomic E-state index is 0.132. The molecule has 28 heavy (non-hydrogen) atoms. The summed E-state index contributed by atoms with van der Waals surface area (Å²) in [4.78, 5) is 24.8. The molecule has 7 nitrogen and oxygen atoms in total. The van der Waals surface area contributed by atoms with Gasteiger partial charge in [-0.2, -0.15) is 5.26 Å². The van der Waals surface area contributed by atoms with Crippen LogP contribution in [0, 0.1) is 21.4 Å². The molecular weight excluding hydrogens is 380 g/mol. The first-order valence-corrected chi connectivity index (χ1v) is 8.87. The predicted molar refractivity (Wildman–Crippen MR) is 108 cm³/mol. The van der Waals surface area contributed by atoms with E-state index in [1.165, 1.54) is 24.4 Å². The van der Waals surface area contributed by atoms with Gasteiger partial charge in [-0.15, -0.1) is 0 Å². The Morgan fingerprint density at radius 2 is 2.00 bits per heavy atom. The topological polar surface area (TPSA) is 99.3 Å². The number of amides is 1. The Morgan fingerprint density at radius 3 is 2.57 bits per heavy atom. The fourth-order valence-corrected chi connectivity index (χ4v) is 2.63. The maximum absolute atomic E-state index is 12.9. The molecule has 0 atom stereocenters. The summed E-state index contributed by atoms with van der Waals surface area (Å²) in [7, 11) is 0. The Morgan fingerprint density at radius 1 is 1.32 bits per heavy atom. The third-order valence-electron chi connectivity index (χ3n) is 3.96. The van der Waals surface area contributed by atoms with Crippen LogP contribution in [0.4, 0.5) is 11.4 Å². The Bertz CT molecular complexity index is 936. The van der Waals surface area contributed by atoms with Gasteiger partial charge in [-0.05, 0) is 25.5 Å². The fraction of sp³-hybridized carbons (Fsp3) is 0.200. The summed E-state index contributed by atoms with van der Waals surface area (Å²) in [6.45, 7) is 4.08. The molecule has 0 unspecified atom stereocenters. The second-order valence-electron chi connectivity index (χ2n) is 6.25. The number of nitrogens with one attached hydrogen (secondary N) is 1. The van der Waals surface area contributed by atoms with Crippen LogP contribution in [0.3, 0.4) is 0 Å². The van der Waals surface area contributed by atoms with Gasteiger partial charge in [0.15, 0.2) is 0 Å².